The van der Waals surface area contributed by atoms with Crippen LogP contribution in [0.4, 0.5) is 0 Å². The average Bonchev–Trinajstić information content (AvgIpc) is 1.98. The highest BCUT2D eigenvalue weighted by molar-refractivity contribution is 6.27. The number of hydrogen-bond acceptors (Lipinski definition) is 3. The van der Waals surface area contributed by atoms with Crippen molar-refractivity contribution in [3.8, 4) is 0 Å². The van der Waals surface area contributed by atoms with Gasteiger partial charge in [-0.15, -0.1) is 0 Å². The van der Waals surface area contributed by atoms with E-state index in [1.807, 2.05) is 0 Å². The third-order valence-electron chi connectivity index (χ3n) is 0.810. The summed E-state index contributed by atoms with van der Waals surface area (Å²) in [6.07, 6.45) is 0. The van der Waals surface area contributed by atoms with Crippen molar-refractivity contribution in [3.05, 3.63) is 11.1 Å². The van der Waals surface area contributed by atoms with Crippen LogP contribution in [0.3, 0.4) is 0 Å². The summed E-state index contributed by atoms with van der Waals surface area (Å²) in [5.41, 5.74) is 1.47. The number of aliphatic hydroxyl groups excluding tert-OH is 1. The summed E-state index contributed by atoms with van der Waals surface area (Å²) < 4.78 is 4.50. The van der Waals surface area contributed by atoms with Crippen molar-refractivity contribution >= 4 is 17.6 Å². The zero-order valence-electron chi connectivity index (χ0n) is 5.63. The lowest BCUT2D eigenvalue weighted by molar-refractivity contribution is -0.139. The molecule has 0 aromatic heterocycles. The van der Waals surface area contributed by atoms with E-state index in [1.165, 1.54) is 6.92 Å². The molecule has 0 aliphatic heterocycles. The van der Waals surface area contributed by atoms with Crippen molar-refractivity contribution in [2.75, 3.05) is 13.2 Å². The summed E-state index contributed by atoms with van der Waals surface area (Å²) in [4.78, 5) is 10.6. The zero-order chi connectivity index (χ0) is 7.98. The van der Waals surface area contributed by atoms with Crippen LogP contribution in [-0.2, 0) is 9.53 Å². The van der Waals surface area contributed by atoms with Crippen molar-refractivity contribution in [2.45, 2.75) is 6.92 Å². The second kappa shape index (κ2) is 5.26. The molecule has 0 amide bonds. The van der Waals surface area contributed by atoms with Gasteiger partial charge in [-0.2, -0.15) is 0 Å². The molecule has 0 aromatic rings. The summed E-state index contributed by atoms with van der Waals surface area (Å²) in [6.45, 7) is 1.38. The molecule has 0 aliphatic rings. The Balaban J connectivity index is 3.63. The topological polar surface area (TPSA) is 46.5 Å². The predicted molar refractivity (Wildman–Crippen MR) is 37.7 cm³/mol. The second-order valence-corrected chi connectivity index (χ2v) is 1.87. The van der Waals surface area contributed by atoms with Gasteiger partial charge >= 0.3 is 5.97 Å². The van der Waals surface area contributed by atoms with Crippen LogP contribution in [0.5, 0.6) is 0 Å². The zero-order valence-corrected chi connectivity index (χ0v) is 6.39. The molecule has 0 aliphatic carbocycles. The third-order valence-corrected chi connectivity index (χ3v) is 1.14. The Morgan fingerprint density at radius 1 is 1.80 bits per heavy atom. The van der Waals surface area contributed by atoms with Crippen LogP contribution in [0.15, 0.2) is 11.1 Å². The van der Waals surface area contributed by atoms with Crippen molar-refractivity contribution in [1.29, 1.82) is 0 Å². The number of hydrogen-bond donors (Lipinski definition) is 1. The molecule has 0 aromatic carbocycles. The normalized spacial score (nSPS) is 11.3. The fourth-order valence-corrected chi connectivity index (χ4v) is 0.386. The molecule has 0 fully saturated rings. The maximum Gasteiger partial charge on any atom is 0.334 e. The molecule has 0 heterocycles. The summed E-state index contributed by atoms with van der Waals surface area (Å²) >= 11 is 5.20. The molecule has 0 unspecified atom stereocenters. The number of ether oxygens (including phenoxy) is 1. The maximum absolute atomic E-state index is 10.6. The SMILES string of the molecule is CC(=CCl)C(=O)OCCO. The highest BCUT2D eigenvalue weighted by Crippen LogP contribution is 1.97. The molecule has 0 radical (unpaired) electrons. The summed E-state index contributed by atoms with van der Waals surface area (Å²) in [6, 6.07) is 0. The van der Waals surface area contributed by atoms with Gasteiger partial charge in [-0.1, -0.05) is 11.6 Å². The van der Waals surface area contributed by atoms with Gasteiger partial charge in [0, 0.05) is 11.1 Å². The van der Waals surface area contributed by atoms with Crippen LogP contribution in [0.25, 0.3) is 0 Å². The van der Waals surface area contributed by atoms with Crippen molar-refractivity contribution in [2.24, 2.45) is 0 Å². The Labute approximate surface area is 64.2 Å². The molecule has 0 atom stereocenters. The van der Waals surface area contributed by atoms with E-state index in [0.717, 1.165) is 5.54 Å². The molecule has 58 valence electrons. The Kier molecular flexibility index (Phi) is 4.98. The van der Waals surface area contributed by atoms with Gasteiger partial charge in [-0.3, -0.25) is 0 Å². The van der Waals surface area contributed by atoms with E-state index < -0.39 is 5.97 Å². The van der Waals surface area contributed by atoms with Gasteiger partial charge in [-0.05, 0) is 6.92 Å². The Morgan fingerprint density at radius 3 is 2.80 bits per heavy atom. The molecule has 0 rings (SSSR count). The molecule has 0 spiro atoms. The Bertz CT molecular complexity index is 142. The van der Waals surface area contributed by atoms with E-state index in [4.69, 9.17) is 16.7 Å². The standard InChI is InChI=1S/C6H9ClO3/c1-5(4-7)6(9)10-3-2-8/h4,8H,2-3H2,1H3. The van der Waals surface area contributed by atoms with Crippen molar-refractivity contribution in [3.63, 3.8) is 0 Å². The van der Waals surface area contributed by atoms with Gasteiger partial charge in [0.2, 0.25) is 0 Å². The molecule has 4 heteroatoms. The fourth-order valence-electron chi connectivity index (χ4n) is 0.297. The average molecular weight is 165 g/mol. The highest BCUT2D eigenvalue weighted by atomic mass is 35.5. The minimum Gasteiger partial charge on any atom is -0.460 e. The number of aliphatic hydroxyl groups is 1. The van der Waals surface area contributed by atoms with Gasteiger partial charge < -0.3 is 9.84 Å². The minimum absolute atomic E-state index is 0.0148. The lowest BCUT2D eigenvalue weighted by Crippen LogP contribution is -2.08. The van der Waals surface area contributed by atoms with Crippen LogP contribution >= 0.6 is 11.6 Å². The number of rotatable bonds is 3. The first-order valence-electron chi connectivity index (χ1n) is 2.77. The van der Waals surface area contributed by atoms with Gasteiger partial charge in [0.25, 0.3) is 0 Å². The van der Waals surface area contributed by atoms with Gasteiger partial charge in [0.15, 0.2) is 0 Å². The second-order valence-electron chi connectivity index (χ2n) is 1.65. The van der Waals surface area contributed by atoms with E-state index in [2.05, 4.69) is 4.74 Å². The van der Waals surface area contributed by atoms with E-state index in [0.29, 0.717) is 5.57 Å². The molecule has 10 heavy (non-hydrogen) atoms. The molecular formula is C6H9ClO3. The number of esters is 1. The largest absolute Gasteiger partial charge is 0.460 e. The maximum atomic E-state index is 10.6. The first-order valence-corrected chi connectivity index (χ1v) is 3.21. The molecule has 0 bridgehead atoms. The molecular weight excluding hydrogens is 156 g/mol. The van der Waals surface area contributed by atoms with E-state index in [1.54, 1.807) is 0 Å². The predicted octanol–water partition coefficient (Wildman–Crippen LogP) is 0.665. The van der Waals surface area contributed by atoms with Gasteiger partial charge in [0.1, 0.15) is 6.61 Å². The highest BCUT2D eigenvalue weighted by Gasteiger charge is 2.02. The number of halogens is 1. The summed E-state index contributed by atoms with van der Waals surface area (Å²) in [7, 11) is 0. The van der Waals surface area contributed by atoms with Crippen molar-refractivity contribution < 1.29 is 14.6 Å². The quantitative estimate of drug-likeness (QED) is 0.493. The first kappa shape index (κ1) is 9.46. The van der Waals surface area contributed by atoms with Gasteiger partial charge in [-0.25, -0.2) is 4.79 Å². The van der Waals surface area contributed by atoms with Crippen molar-refractivity contribution in [1.82, 2.24) is 0 Å². The Morgan fingerprint density at radius 2 is 2.40 bits per heavy atom. The van der Waals surface area contributed by atoms with Gasteiger partial charge in [0.05, 0.1) is 6.61 Å². The van der Waals surface area contributed by atoms with Crippen LogP contribution in [0.1, 0.15) is 6.92 Å². The fraction of sp³-hybridized carbons (Fsp3) is 0.500. The Hall–Kier alpha value is -0.540. The van der Waals surface area contributed by atoms with Crippen LogP contribution < -0.4 is 0 Å². The lowest BCUT2D eigenvalue weighted by atomic mass is 10.4. The summed E-state index contributed by atoms with van der Waals surface area (Å²) in [5, 5.41) is 8.24. The smallest absolute Gasteiger partial charge is 0.334 e. The molecule has 0 saturated carbocycles. The van der Waals surface area contributed by atoms with E-state index >= 15 is 0 Å². The number of carbonyl (C=O) groups is 1. The van der Waals surface area contributed by atoms with Crippen LogP contribution in [0, 0.1) is 0 Å². The minimum atomic E-state index is -0.496. The number of carbonyl (C=O) groups excluding carboxylic acids is 1. The molecule has 0 saturated heterocycles. The van der Waals surface area contributed by atoms with Crippen LogP contribution in [0.2, 0.25) is 0 Å². The van der Waals surface area contributed by atoms with E-state index in [-0.39, 0.29) is 13.2 Å². The first-order chi connectivity index (χ1) is 4.72. The van der Waals surface area contributed by atoms with Crippen LogP contribution in [-0.4, -0.2) is 24.3 Å². The molecule has 1 N–H and O–H groups in total. The molecule has 3 nitrogen and oxygen atoms in total. The lowest BCUT2D eigenvalue weighted by Gasteiger charge is -1.99. The third kappa shape index (κ3) is 3.48. The van der Waals surface area contributed by atoms with E-state index in [9.17, 15) is 4.79 Å². The monoisotopic (exact) mass is 164 g/mol. The summed E-state index contributed by atoms with van der Waals surface area (Å²) in [5.74, 6) is -0.496.